The zero-order chi connectivity index (χ0) is 20.5. The highest BCUT2D eigenvalue weighted by Gasteiger charge is 2.47. The summed E-state index contributed by atoms with van der Waals surface area (Å²) < 4.78 is 14.0. The van der Waals surface area contributed by atoms with Crippen molar-refractivity contribution in [2.75, 3.05) is 4.90 Å². The predicted octanol–water partition coefficient (Wildman–Crippen LogP) is 4.16. The largest absolute Gasteiger partial charge is 0.507 e. The van der Waals surface area contributed by atoms with Gasteiger partial charge in [0.1, 0.15) is 11.6 Å². The Morgan fingerprint density at radius 2 is 1.83 bits per heavy atom. The number of aryl methyl sites for hydroxylation is 1. The number of ketones is 1. The summed E-state index contributed by atoms with van der Waals surface area (Å²) in [5, 5.41) is 10.9. The van der Waals surface area contributed by atoms with Gasteiger partial charge in [0.25, 0.3) is 11.7 Å². The van der Waals surface area contributed by atoms with Crippen LogP contribution in [-0.2, 0) is 9.59 Å². The van der Waals surface area contributed by atoms with Gasteiger partial charge in [-0.25, -0.2) is 4.39 Å². The maximum Gasteiger partial charge on any atom is 0.300 e. The zero-order valence-corrected chi connectivity index (χ0v) is 15.5. The molecule has 1 aromatic heterocycles. The molecule has 1 aliphatic rings. The van der Waals surface area contributed by atoms with Gasteiger partial charge in [0, 0.05) is 11.8 Å². The number of benzene rings is 2. The highest BCUT2D eigenvalue weighted by molar-refractivity contribution is 6.51. The molecule has 4 rings (SSSR count). The molecular formula is C23H17FN2O3. The van der Waals surface area contributed by atoms with Crippen LogP contribution in [0.5, 0.6) is 0 Å². The molecule has 0 radical (unpaired) electrons. The molecule has 1 atom stereocenters. The van der Waals surface area contributed by atoms with Crippen molar-refractivity contribution in [2.24, 2.45) is 0 Å². The van der Waals surface area contributed by atoms with Gasteiger partial charge in [-0.05, 0) is 36.8 Å². The molecule has 1 saturated heterocycles. The number of aliphatic hydroxyl groups is 1. The van der Waals surface area contributed by atoms with E-state index in [2.05, 4.69) is 4.98 Å². The third-order valence-electron chi connectivity index (χ3n) is 4.86. The van der Waals surface area contributed by atoms with Crippen molar-refractivity contribution >= 4 is 23.1 Å². The first-order valence-electron chi connectivity index (χ1n) is 9.01. The van der Waals surface area contributed by atoms with Crippen LogP contribution >= 0.6 is 0 Å². The van der Waals surface area contributed by atoms with E-state index in [9.17, 15) is 19.1 Å². The number of rotatable bonds is 3. The number of nitrogens with zero attached hydrogens (tertiary/aromatic N) is 2. The fourth-order valence-corrected chi connectivity index (χ4v) is 3.45. The minimum atomic E-state index is -0.976. The van der Waals surface area contributed by atoms with Crippen molar-refractivity contribution in [2.45, 2.75) is 13.0 Å². The van der Waals surface area contributed by atoms with Crippen molar-refractivity contribution < 1.29 is 19.1 Å². The summed E-state index contributed by atoms with van der Waals surface area (Å²) in [4.78, 5) is 31.1. The molecule has 0 spiro atoms. The van der Waals surface area contributed by atoms with E-state index in [-0.39, 0.29) is 11.3 Å². The van der Waals surface area contributed by atoms with Gasteiger partial charge in [-0.3, -0.25) is 19.5 Å². The molecule has 0 saturated carbocycles. The van der Waals surface area contributed by atoms with Gasteiger partial charge in [0.05, 0.1) is 23.5 Å². The molecule has 144 valence electrons. The summed E-state index contributed by atoms with van der Waals surface area (Å²) in [5.74, 6) is -2.44. The van der Waals surface area contributed by atoms with E-state index >= 15 is 0 Å². The third-order valence-corrected chi connectivity index (χ3v) is 4.86. The van der Waals surface area contributed by atoms with Gasteiger partial charge in [-0.15, -0.1) is 0 Å². The van der Waals surface area contributed by atoms with Crippen LogP contribution in [0.1, 0.15) is 22.7 Å². The number of pyridine rings is 1. The molecule has 1 amide bonds. The van der Waals surface area contributed by atoms with Crippen LogP contribution in [0.3, 0.4) is 0 Å². The Bertz CT molecular complexity index is 1120. The summed E-state index contributed by atoms with van der Waals surface area (Å²) in [6, 6.07) is 14.9. The number of carbonyl (C=O) groups excluding carboxylic acids is 2. The number of aromatic nitrogens is 1. The summed E-state index contributed by atoms with van der Waals surface area (Å²) in [7, 11) is 0. The number of hydrogen-bond donors (Lipinski definition) is 1. The van der Waals surface area contributed by atoms with Gasteiger partial charge in [-0.2, -0.15) is 0 Å². The molecule has 6 heteroatoms. The molecular weight excluding hydrogens is 371 g/mol. The molecule has 0 aliphatic carbocycles. The van der Waals surface area contributed by atoms with E-state index in [0.29, 0.717) is 16.8 Å². The lowest BCUT2D eigenvalue weighted by Gasteiger charge is -2.25. The van der Waals surface area contributed by atoms with Crippen molar-refractivity contribution in [1.29, 1.82) is 0 Å². The van der Waals surface area contributed by atoms with Gasteiger partial charge >= 0.3 is 0 Å². The van der Waals surface area contributed by atoms with Gasteiger partial charge in [-0.1, -0.05) is 42.0 Å². The lowest BCUT2D eigenvalue weighted by molar-refractivity contribution is -0.132. The topological polar surface area (TPSA) is 70.5 Å². The number of anilines is 1. The Hall–Kier alpha value is -3.80. The second-order valence-corrected chi connectivity index (χ2v) is 6.80. The van der Waals surface area contributed by atoms with Crippen LogP contribution in [0.2, 0.25) is 0 Å². The first-order chi connectivity index (χ1) is 14.0. The maximum absolute atomic E-state index is 14.0. The molecule has 3 aromatic rings. The van der Waals surface area contributed by atoms with Gasteiger partial charge < -0.3 is 5.11 Å². The lowest BCUT2D eigenvalue weighted by atomic mass is 9.95. The molecule has 0 unspecified atom stereocenters. The van der Waals surface area contributed by atoms with E-state index in [1.807, 2.05) is 6.92 Å². The van der Waals surface area contributed by atoms with Crippen LogP contribution in [0.15, 0.2) is 78.6 Å². The highest BCUT2D eigenvalue weighted by Crippen LogP contribution is 2.41. The van der Waals surface area contributed by atoms with Crippen LogP contribution in [0.25, 0.3) is 5.76 Å². The minimum Gasteiger partial charge on any atom is -0.507 e. The first kappa shape index (κ1) is 18.6. The molecule has 1 N–H and O–H groups in total. The molecule has 2 heterocycles. The van der Waals surface area contributed by atoms with Crippen LogP contribution < -0.4 is 4.90 Å². The Labute approximate surface area is 166 Å². The van der Waals surface area contributed by atoms with E-state index < -0.39 is 23.5 Å². The molecule has 0 bridgehead atoms. The molecule has 1 aliphatic heterocycles. The smallest absolute Gasteiger partial charge is 0.300 e. The lowest BCUT2D eigenvalue weighted by Crippen LogP contribution is -2.29. The molecule has 1 fully saturated rings. The van der Waals surface area contributed by atoms with Crippen LogP contribution in [-0.4, -0.2) is 21.8 Å². The third kappa shape index (κ3) is 3.29. The fraction of sp³-hybridized carbons (Fsp3) is 0.0870. The number of hydrogen-bond acceptors (Lipinski definition) is 4. The zero-order valence-electron chi connectivity index (χ0n) is 15.5. The normalized spacial score (nSPS) is 18.3. The average Bonchev–Trinajstić information content (AvgIpc) is 2.99. The van der Waals surface area contributed by atoms with E-state index in [4.69, 9.17) is 0 Å². The first-order valence-corrected chi connectivity index (χ1v) is 9.01. The Morgan fingerprint density at radius 3 is 2.48 bits per heavy atom. The summed E-state index contributed by atoms with van der Waals surface area (Å²) in [5.41, 5.74) is 2.06. The maximum atomic E-state index is 14.0. The van der Waals surface area contributed by atoms with Crippen molar-refractivity contribution in [3.05, 3.63) is 101 Å². The summed E-state index contributed by atoms with van der Waals surface area (Å²) in [6.45, 7) is 1.90. The number of amides is 1. The predicted molar refractivity (Wildman–Crippen MR) is 107 cm³/mol. The van der Waals surface area contributed by atoms with E-state index in [0.717, 1.165) is 5.56 Å². The number of carbonyl (C=O) groups is 2. The Balaban J connectivity index is 1.95. The second-order valence-electron chi connectivity index (χ2n) is 6.80. The SMILES string of the molecule is Cc1ccc(C(O)=C2C(=O)C(=O)N(c3cccnc3)[C@@H]2c2cccc(F)c2)cc1. The van der Waals surface area contributed by atoms with Crippen molar-refractivity contribution in [3.8, 4) is 0 Å². The van der Waals surface area contributed by atoms with Crippen molar-refractivity contribution in [1.82, 2.24) is 4.98 Å². The monoisotopic (exact) mass is 388 g/mol. The highest BCUT2D eigenvalue weighted by atomic mass is 19.1. The molecule has 2 aromatic carbocycles. The van der Waals surface area contributed by atoms with Gasteiger partial charge in [0.2, 0.25) is 0 Å². The summed E-state index contributed by atoms with van der Waals surface area (Å²) in [6.07, 6.45) is 2.99. The second kappa shape index (κ2) is 7.31. The minimum absolute atomic E-state index is 0.0895. The van der Waals surface area contributed by atoms with Crippen LogP contribution in [0.4, 0.5) is 10.1 Å². The molecule has 29 heavy (non-hydrogen) atoms. The quantitative estimate of drug-likeness (QED) is 0.416. The molecule has 5 nitrogen and oxygen atoms in total. The van der Waals surface area contributed by atoms with E-state index in [1.165, 1.54) is 29.3 Å². The standard InChI is InChI=1S/C23H17FN2O3/c1-14-7-9-15(10-8-14)21(27)19-20(16-4-2-5-17(24)12-16)26(23(29)22(19)28)18-6-3-11-25-13-18/h2-13,20,27H,1H3/t20-/m1/s1. The number of halogens is 1. The number of Topliss-reactive ketones (excluding diaryl/α,β-unsaturated/α-hetero) is 1. The number of aliphatic hydroxyl groups excluding tert-OH is 1. The average molecular weight is 388 g/mol. The van der Waals surface area contributed by atoms with Gasteiger partial charge in [0.15, 0.2) is 0 Å². The fourth-order valence-electron chi connectivity index (χ4n) is 3.45. The Kier molecular flexibility index (Phi) is 4.68. The van der Waals surface area contributed by atoms with E-state index in [1.54, 1.807) is 48.7 Å². The van der Waals surface area contributed by atoms with Crippen LogP contribution in [0, 0.1) is 12.7 Å². The summed E-state index contributed by atoms with van der Waals surface area (Å²) >= 11 is 0. The Morgan fingerprint density at radius 1 is 1.07 bits per heavy atom. The van der Waals surface area contributed by atoms with Crippen molar-refractivity contribution in [3.63, 3.8) is 0 Å².